The van der Waals surface area contributed by atoms with Gasteiger partial charge in [-0.3, -0.25) is 4.79 Å². The lowest BCUT2D eigenvalue weighted by Gasteiger charge is -2.43. The largest absolute Gasteiger partial charge is 0.481 e. The van der Waals surface area contributed by atoms with Gasteiger partial charge in [0.2, 0.25) is 0 Å². The number of hydrogen-bond acceptors (Lipinski definition) is 2. The molecule has 0 atom stereocenters. The quantitative estimate of drug-likeness (QED) is 0.291. The third-order valence-corrected chi connectivity index (χ3v) is 11.8. The van der Waals surface area contributed by atoms with E-state index in [1.165, 1.54) is 10.4 Å². The van der Waals surface area contributed by atoms with Gasteiger partial charge in [-0.2, -0.15) is 0 Å². The Morgan fingerprint density at radius 3 is 1.56 bits per heavy atom. The fourth-order valence-electron chi connectivity index (χ4n) is 5.09. The van der Waals surface area contributed by atoms with Crippen molar-refractivity contribution >= 4 is 24.7 Å². The molecule has 184 valence electrons. The van der Waals surface area contributed by atoms with E-state index in [0.29, 0.717) is 13.0 Å². The maximum Gasteiger partial charge on any atom is 0.307 e. The summed E-state index contributed by atoms with van der Waals surface area (Å²) in [6.07, 6.45) is 0.695. The van der Waals surface area contributed by atoms with Crippen molar-refractivity contribution in [3.8, 4) is 0 Å². The van der Waals surface area contributed by atoms with Crippen molar-refractivity contribution < 1.29 is 14.3 Å². The minimum atomic E-state index is -2.66. The lowest BCUT2D eigenvalue weighted by Crippen LogP contribution is -2.66. The van der Waals surface area contributed by atoms with Crippen LogP contribution in [0.25, 0.3) is 0 Å². The van der Waals surface area contributed by atoms with Crippen molar-refractivity contribution in [2.75, 3.05) is 0 Å². The van der Waals surface area contributed by atoms with Gasteiger partial charge in [0.05, 0.1) is 13.0 Å². The normalized spacial score (nSPS) is 11.9. The first-order chi connectivity index (χ1) is 17.3. The highest BCUT2D eigenvalue weighted by Crippen LogP contribution is 2.37. The molecule has 1 N–H and O–H groups in total. The molecule has 0 spiro atoms. The Kier molecular flexibility index (Phi) is 7.87. The smallest absolute Gasteiger partial charge is 0.307 e. The molecule has 0 radical (unpaired) electrons. The van der Waals surface area contributed by atoms with E-state index in [4.69, 9.17) is 4.43 Å². The Morgan fingerprint density at radius 1 is 0.667 bits per heavy atom. The van der Waals surface area contributed by atoms with Gasteiger partial charge in [0.15, 0.2) is 0 Å². The molecule has 0 aromatic heterocycles. The van der Waals surface area contributed by atoms with E-state index >= 15 is 0 Å². The predicted molar refractivity (Wildman–Crippen MR) is 149 cm³/mol. The molecule has 0 amide bonds. The van der Waals surface area contributed by atoms with Crippen LogP contribution in [0.3, 0.4) is 0 Å². The van der Waals surface area contributed by atoms with Gasteiger partial charge in [-0.1, -0.05) is 130 Å². The standard InChI is InChI=1S/C32H34O3Si/c1-32(2,3)36(29-18-6-4-7-19-29,30-20-8-5-9-21-30)35-24-28-17-13-12-15-26(28)22-25-14-10-11-16-27(25)23-31(33)34/h4-21H,22-24H2,1-3H3,(H,33,34). The fraction of sp³-hybridized carbons (Fsp3) is 0.219. The van der Waals surface area contributed by atoms with Gasteiger partial charge in [-0.15, -0.1) is 0 Å². The van der Waals surface area contributed by atoms with Crippen LogP contribution in [-0.4, -0.2) is 19.4 Å². The maximum atomic E-state index is 11.4. The molecule has 0 fully saturated rings. The summed E-state index contributed by atoms with van der Waals surface area (Å²) in [5.41, 5.74) is 4.19. The van der Waals surface area contributed by atoms with E-state index in [-0.39, 0.29) is 11.5 Å². The van der Waals surface area contributed by atoms with Gasteiger partial charge in [0.1, 0.15) is 0 Å². The van der Waals surface area contributed by atoms with Crippen LogP contribution in [0.4, 0.5) is 0 Å². The van der Waals surface area contributed by atoms with Crippen LogP contribution in [0, 0.1) is 0 Å². The summed E-state index contributed by atoms with van der Waals surface area (Å²) in [6, 6.07) is 37.5. The Bertz CT molecular complexity index is 1250. The molecule has 0 aliphatic rings. The number of hydrogen-bond donors (Lipinski definition) is 1. The third kappa shape index (κ3) is 5.51. The van der Waals surface area contributed by atoms with Gasteiger partial charge in [-0.05, 0) is 44.1 Å². The van der Waals surface area contributed by atoms with Gasteiger partial charge < -0.3 is 9.53 Å². The van der Waals surface area contributed by atoms with Crippen LogP contribution in [0.2, 0.25) is 5.04 Å². The molecule has 4 heteroatoms. The van der Waals surface area contributed by atoms with Crippen molar-refractivity contribution in [2.45, 2.75) is 45.3 Å². The monoisotopic (exact) mass is 494 g/mol. The van der Waals surface area contributed by atoms with E-state index in [1.54, 1.807) is 0 Å². The second kappa shape index (κ2) is 11.1. The van der Waals surface area contributed by atoms with E-state index in [1.807, 2.05) is 30.3 Å². The molecule has 0 unspecified atom stereocenters. The summed E-state index contributed by atoms with van der Waals surface area (Å²) in [6.45, 7) is 7.35. The van der Waals surface area contributed by atoms with Crippen LogP contribution in [0.1, 0.15) is 43.0 Å². The van der Waals surface area contributed by atoms with Gasteiger partial charge in [0.25, 0.3) is 8.32 Å². The van der Waals surface area contributed by atoms with E-state index in [2.05, 4.69) is 99.6 Å². The number of carboxylic acid groups (broad SMARTS) is 1. The zero-order valence-electron chi connectivity index (χ0n) is 21.3. The number of benzene rings is 4. The molecule has 4 aromatic carbocycles. The Hall–Kier alpha value is -3.47. The number of rotatable bonds is 9. The van der Waals surface area contributed by atoms with Gasteiger partial charge in [-0.25, -0.2) is 0 Å². The third-order valence-electron chi connectivity index (χ3n) is 6.82. The van der Waals surface area contributed by atoms with Crippen LogP contribution in [0.15, 0.2) is 109 Å². The average Bonchev–Trinajstić information content (AvgIpc) is 2.87. The number of aliphatic carboxylic acids is 1. The SMILES string of the molecule is CC(C)(C)[Si](OCc1ccccc1Cc1ccccc1CC(=O)O)(c1ccccc1)c1ccccc1. The van der Waals surface area contributed by atoms with Crippen molar-refractivity contribution in [3.63, 3.8) is 0 Å². The minimum absolute atomic E-state index is 0.0247. The molecule has 0 aliphatic carbocycles. The molecule has 3 nitrogen and oxygen atoms in total. The molecule has 36 heavy (non-hydrogen) atoms. The van der Waals surface area contributed by atoms with Crippen LogP contribution in [-0.2, 0) is 28.7 Å². The highest BCUT2D eigenvalue weighted by Gasteiger charge is 2.50. The summed E-state index contributed by atoms with van der Waals surface area (Å²) in [5.74, 6) is -0.814. The number of carboxylic acids is 1. The maximum absolute atomic E-state index is 11.4. The summed E-state index contributed by atoms with van der Waals surface area (Å²) in [5, 5.41) is 11.8. The van der Waals surface area contributed by atoms with Crippen molar-refractivity contribution in [3.05, 3.63) is 131 Å². The summed E-state index contributed by atoms with van der Waals surface area (Å²) >= 11 is 0. The van der Waals surface area contributed by atoms with Crippen LogP contribution >= 0.6 is 0 Å². The van der Waals surface area contributed by atoms with Crippen LogP contribution < -0.4 is 10.4 Å². The molecule has 0 saturated carbocycles. The zero-order valence-corrected chi connectivity index (χ0v) is 22.3. The topological polar surface area (TPSA) is 46.5 Å². The first kappa shape index (κ1) is 25.6. The first-order valence-corrected chi connectivity index (χ1v) is 14.3. The molecule has 4 rings (SSSR count). The highest BCUT2D eigenvalue weighted by molar-refractivity contribution is 6.99. The van der Waals surface area contributed by atoms with E-state index in [9.17, 15) is 9.90 Å². The molecule has 0 aliphatic heterocycles. The Balaban J connectivity index is 1.72. The molecule has 0 bridgehead atoms. The fourth-order valence-corrected chi connectivity index (χ4v) is 9.62. The van der Waals surface area contributed by atoms with Crippen molar-refractivity contribution in [1.29, 1.82) is 0 Å². The average molecular weight is 495 g/mol. The Labute approximate surface area is 215 Å². The second-order valence-corrected chi connectivity index (χ2v) is 14.5. The summed E-state index contributed by atoms with van der Waals surface area (Å²) < 4.78 is 7.17. The Morgan fingerprint density at radius 2 is 1.08 bits per heavy atom. The molecule has 4 aromatic rings. The molecule has 0 heterocycles. The predicted octanol–water partition coefficient (Wildman–Crippen LogP) is 5.98. The zero-order chi connectivity index (χ0) is 25.6. The number of carbonyl (C=O) groups is 1. The van der Waals surface area contributed by atoms with Gasteiger partial charge in [0, 0.05) is 0 Å². The van der Waals surface area contributed by atoms with E-state index < -0.39 is 14.3 Å². The molecule has 0 saturated heterocycles. The lowest BCUT2D eigenvalue weighted by atomic mass is 9.95. The van der Waals surface area contributed by atoms with Gasteiger partial charge >= 0.3 is 5.97 Å². The van der Waals surface area contributed by atoms with Crippen molar-refractivity contribution in [1.82, 2.24) is 0 Å². The summed E-state index contributed by atoms with van der Waals surface area (Å²) in [7, 11) is -2.66. The molecular formula is C32H34O3Si. The van der Waals surface area contributed by atoms with Crippen LogP contribution in [0.5, 0.6) is 0 Å². The molecular weight excluding hydrogens is 460 g/mol. The highest BCUT2D eigenvalue weighted by atomic mass is 28.4. The van der Waals surface area contributed by atoms with Crippen molar-refractivity contribution in [2.24, 2.45) is 0 Å². The lowest BCUT2D eigenvalue weighted by molar-refractivity contribution is -0.136. The first-order valence-electron chi connectivity index (χ1n) is 12.4. The summed E-state index contributed by atoms with van der Waals surface area (Å²) in [4.78, 5) is 11.4. The van der Waals surface area contributed by atoms with E-state index in [0.717, 1.165) is 22.3 Å². The second-order valence-electron chi connectivity index (χ2n) is 10.2. The minimum Gasteiger partial charge on any atom is -0.481 e.